The number of nitrogens with one attached hydrogen (secondary N) is 1. The third-order valence-corrected chi connectivity index (χ3v) is 6.69. The molecule has 0 unspecified atom stereocenters. The van der Waals surface area contributed by atoms with Crippen molar-refractivity contribution in [3.05, 3.63) is 76.3 Å². The standard InChI is InChI=1S/C27H28BrN3O5/c1-34-22-14-19(15-23(17-22)35-2)27(33)31-12-10-30(11-13-31)21-7-5-20(6-8-21)29-26(32)18-4-9-25(36-3)24(28)16-18/h4-9,14-17H,10-13H2,1-3H3,(H,29,32). The second kappa shape index (κ2) is 11.3. The summed E-state index contributed by atoms with van der Waals surface area (Å²) in [4.78, 5) is 29.7. The van der Waals surface area contributed by atoms with E-state index < -0.39 is 0 Å². The van der Waals surface area contributed by atoms with Crippen LogP contribution in [0.3, 0.4) is 0 Å². The van der Waals surface area contributed by atoms with Crippen LogP contribution in [0.5, 0.6) is 17.2 Å². The fraction of sp³-hybridized carbons (Fsp3) is 0.259. The maximum Gasteiger partial charge on any atom is 0.255 e. The molecule has 0 radical (unpaired) electrons. The molecule has 8 nitrogen and oxygen atoms in total. The predicted octanol–water partition coefficient (Wildman–Crippen LogP) is 4.69. The summed E-state index contributed by atoms with van der Waals surface area (Å²) in [7, 11) is 4.71. The van der Waals surface area contributed by atoms with Crippen molar-refractivity contribution in [2.24, 2.45) is 0 Å². The van der Waals surface area contributed by atoms with Gasteiger partial charge in [-0.1, -0.05) is 0 Å². The zero-order chi connectivity index (χ0) is 25.7. The zero-order valence-electron chi connectivity index (χ0n) is 20.4. The molecular weight excluding hydrogens is 526 g/mol. The highest BCUT2D eigenvalue weighted by molar-refractivity contribution is 9.10. The third-order valence-electron chi connectivity index (χ3n) is 6.07. The van der Waals surface area contributed by atoms with E-state index in [2.05, 4.69) is 26.1 Å². The number of halogens is 1. The Hall–Kier alpha value is -3.72. The van der Waals surface area contributed by atoms with Crippen LogP contribution in [0.4, 0.5) is 11.4 Å². The summed E-state index contributed by atoms with van der Waals surface area (Å²) in [5.74, 6) is 1.59. The number of benzene rings is 3. The molecule has 2 amide bonds. The molecule has 3 aromatic rings. The molecule has 0 saturated carbocycles. The maximum absolute atomic E-state index is 13.0. The lowest BCUT2D eigenvalue weighted by Gasteiger charge is -2.36. The van der Waals surface area contributed by atoms with E-state index in [0.29, 0.717) is 60.2 Å². The molecule has 1 fully saturated rings. The van der Waals surface area contributed by atoms with Crippen LogP contribution < -0.4 is 24.4 Å². The SMILES string of the molecule is COc1cc(OC)cc(C(=O)N2CCN(c3ccc(NC(=O)c4ccc(OC)c(Br)c4)cc3)CC2)c1. The number of carbonyl (C=O) groups is 2. The number of ether oxygens (including phenoxy) is 3. The van der Waals surface area contributed by atoms with Gasteiger partial charge in [-0.2, -0.15) is 0 Å². The van der Waals surface area contributed by atoms with E-state index in [-0.39, 0.29) is 11.8 Å². The van der Waals surface area contributed by atoms with Crippen molar-refractivity contribution in [3.8, 4) is 17.2 Å². The molecule has 36 heavy (non-hydrogen) atoms. The van der Waals surface area contributed by atoms with Crippen LogP contribution in [0.15, 0.2) is 65.1 Å². The van der Waals surface area contributed by atoms with Gasteiger partial charge in [-0.05, 0) is 70.5 Å². The molecule has 9 heteroatoms. The van der Waals surface area contributed by atoms with E-state index in [9.17, 15) is 9.59 Å². The van der Waals surface area contributed by atoms with Crippen LogP contribution in [-0.4, -0.2) is 64.2 Å². The molecule has 0 atom stereocenters. The number of amides is 2. The predicted molar refractivity (Wildman–Crippen MR) is 143 cm³/mol. The minimum Gasteiger partial charge on any atom is -0.497 e. The van der Waals surface area contributed by atoms with Gasteiger partial charge in [0.1, 0.15) is 17.2 Å². The second-order valence-corrected chi connectivity index (χ2v) is 9.09. The van der Waals surface area contributed by atoms with E-state index in [0.717, 1.165) is 10.2 Å². The Balaban J connectivity index is 1.35. The van der Waals surface area contributed by atoms with Gasteiger partial charge >= 0.3 is 0 Å². The molecule has 3 aromatic carbocycles. The van der Waals surface area contributed by atoms with Gasteiger partial charge in [0.25, 0.3) is 11.8 Å². The summed E-state index contributed by atoms with van der Waals surface area (Å²) in [6.07, 6.45) is 0. The monoisotopic (exact) mass is 553 g/mol. The Labute approximate surface area is 218 Å². The van der Waals surface area contributed by atoms with Crippen LogP contribution in [0.25, 0.3) is 0 Å². The molecule has 1 saturated heterocycles. The van der Waals surface area contributed by atoms with E-state index in [1.165, 1.54) is 0 Å². The molecule has 0 bridgehead atoms. The summed E-state index contributed by atoms with van der Waals surface area (Å²) in [6, 6.07) is 18.1. The van der Waals surface area contributed by atoms with E-state index in [1.807, 2.05) is 29.2 Å². The number of anilines is 2. The van der Waals surface area contributed by atoms with Crippen LogP contribution in [-0.2, 0) is 0 Å². The second-order valence-electron chi connectivity index (χ2n) is 8.23. The molecule has 0 aromatic heterocycles. The molecular formula is C27H28BrN3O5. The van der Waals surface area contributed by atoms with Crippen molar-refractivity contribution < 1.29 is 23.8 Å². The number of hydrogen-bond donors (Lipinski definition) is 1. The molecule has 1 aliphatic rings. The molecule has 1 aliphatic heterocycles. The summed E-state index contributed by atoms with van der Waals surface area (Å²) >= 11 is 3.41. The zero-order valence-corrected chi connectivity index (χ0v) is 22.0. The van der Waals surface area contributed by atoms with Gasteiger partial charge < -0.3 is 29.3 Å². The normalized spacial score (nSPS) is 13.2. The first kappa shape index (κ1) is 25.4. The lowest BCUT2D eigenvalue weighted by atomic mass is 10.1. The molecule has 4 rings (SSSR count). The number of piperazine rings is 1. The van der Waals surface area contributed by atoms with Crippen LogP contribution in [0.2, 0.25) is 0 Å². The summed E-state index contributed by atoms with van der Waals surface area (Å²) in [6.45, 7) is 2.61. The van der Waals surface area contributed by atoms with Crippen LogP contribution in [0.1, 0.15) is 20.7 Å². The summed E-state index contributed by atoms with van der Waals surface area (Å²) < 4.78 is 16.5. The molecule has 1 heterocycles. The van der Waals surface area contributed by atoms with Crippen molar-refractivity contribution in [2.45, 2.75) is 0 Å². The van der Waals surface area contributed by atoms with Gasteiger partial charge in [0.05, 0.1) is 25.8 Å². The summed E-state index contributed by atoms with van der Waals surface area (Å²) in [5.41, 5.74) is 2.82. The number of rotatable bonds is 7. The van der Waals surface area contributed by atoms with E-state index >= 15 is 0 Å². The fourth-order valence-electron chi connectivity index (χ4n) is 4.05. The van der Waals surface area contributed by atoms with Crippen molar-refractivity contribution in [1.29, 1.82) is 0 Å². The van der Waals surface area contributed by atoms with Gasteiger partial charge in [0.2, 0.25) is 0 Å². The van der Waals surface area contributed by atoms with Crippen molar-refractivity contribution in [3.63, 3.8) is 0 Å². The minimum atomic E-state index is -0.201. The highest BCUT2D eigenvalue weighted by atomic mass is 79.9. The lowest BCUT2D eigenvalue weighted by Crippen LogP contribution is -2.48. The molecule has 1 N–H and O–H groups in total. The summed E-state index contributed by atoms with van der Waals surface area (Å²) in [5, 5.41) is 2.92. The lowest BCUT2D eigenvalue weighted by molar-refractivity contribution is 0.0746. The first-order valence-corrected chi connectivity index (χ1v) is 12.2. The Kier molecular flexibility index (Phi) is 8.00. The van der Waals surface area contributed by atoms with Crippen molar-refractivity contribution in [2.75, 3.05) is 57.7 Å². The van der Waals surface area contributed by atoms with Crippen molar-refractivity contribution >= 4 is 39.1 Å². The quantitative estimate of drug-likeness (QED) is 0.457. The molecule has 0 spiro atoms. The molecule has 188 valence electrons. The number of nitrogens with zero attached hydrogens (tertiary/aromatic N) is 2. The Morgan fingerprint density at radius 3 is 1.97 bits per heavy atom. The minimum absolute atomic E-state index is 0.0462. The Bertz CT molecular complexity index is 1220. The van der Waals surface area contributed by atoms with Gasteiger partial charge in [-0.25, -0.2) is 0 Å². The van der Waals surface area contributed by atoms with Gasteiger partial charge in [-0.15, -0.1) is 0 Å². The smallest absolute Gasteiger partial charge is 0.255 e. The highest BCUT2D eigenvalue weighted by Crippen LogP contribution is 2.27. The van der Waals surface area contributed by atoms with E-state index in [4.69, 9.17) is 14.2 Å². The van der Waals surface area contributed by atoms with Crippen molar-refractivity contribution in [1.82, 2.24) is 4.90 Å². The van der Waals surface area contributed by atoms with E-state index in [1.54, 1.807) is 57.7 Å². The number of hydrogen-bond acceptors (Lipinski definition) is 6. The number of carbonyl (C=O) groups excluding carboxylic acids is 2. The highest BCUT2D eigenvalue weighted by Gasteiger charge is 2.23. The van der Waals surface area contributed by atoms with Gasteiger partial charge in [0.15, 0.2) is 0 Å². The van der Waals surface area contributed by atoms with Crippen LogP contribution in [0, 0.1) is 0 Å². The topological polar surface area (TPSA) is 80.3 Å². The first-order valence-electron chi connectivity index (χ1n) is 11.4. The van der Waals surface area contributed by atoms with Crippen LogP contribution >= 0.6 is 15.9 Å². The Morgan fingerprint density at radius 2 is 1.42 bits per heavy atom. The molecule has 0 aliphatic carbocycles. The van der Waals surface area contributed by atoms with Gasteiger partial charge in [0, 0.05) is 54.7 Å². The largest absolute Gasteiger partial charge is 0.497 e. The maximum atomic E-state index is 13.0. The average Bonchev–Trinajstić information content (AvgIpc) is 2.92. The first-order chi connectivity index (χ1) is 17.4. The fourth-order valence-corrected chi connectivity index (χ4v) is 4.59. The number of methoxy groups -OCH3 is 3. The Morgan fingerprint density at radius 1 is 0.778 bits per heavy atom. The van der Waals surface area contributed by atoms with Gasteiger partial charge in [-0.3, -0.25) is 9.59 Å². The average molecular weight is 554 g/mol. The third kappa shape index (κ3) is 5.73.